The lowest BCUT2D eigenvalue weighted by molar-refractivity contribution is -0.125. The van der Waals surface area contributed by atoms with E-state index in [1.165, 1.54) is 0 Å². The van der Waals surface area contributed by atoms with Gasteiger partial charge in [-0.3, -0.25) is 9.59 Å². The third-order valence-electron chi connectivity index (χ3n) is 6.77. The van der Waals surface area contributed by atoms with Crippen LogP contribution in [0.25, 0.3) is 11.3 Å². The number of benzene rings is 1. The first-order valence-electron chi connectivity index (χ1n) is 11.5. The third kappa shape index (κ3) is 5.03. The van der Waals surface area contributed by atoms with Gasteiger partial charge in [0.05, 0.1) is 7.11 Å². The summed E-state index contributed by atoms with van der Waals surface area (Å²) in [6.07, 6.45) is 11.1. The molecule has 2 aromatic rings. The summed E-state index contributed by atoms with van der Waals surface area (Å²) in [5.41, 5.74) is 7.39. The van der Waals surface area contributed by atoms with E-state index in [4.69, 9.17) is 15.5 Å². The van der Waals surface area contributed by atoms with Crippen LogP contribution in [-0.4, -0.2) is 35.4 Å². The second-order valence-corrected chi connectivity index (χ2v) is 8.88. The van der Waals surface area contributed by atoms with E-state index >= 15 is 0 Å². The first-order chi connectivity index (χ1) is 15.5. The van der Waals surface area contributed by atoms with E-state index in [-0.39, 0.29) is 17.7 Å². The molecule has 4 rings (SSSR count). The van der Waals surface area contributed by atoms with Crippen LogP contribution in [0.5, 0.6) is 5.75 Å². The summed E-state index contributed by atoms with van der Waals surface area (Å²) in [5, 5.41) is 3.17. The van der Waals surface area contributed by atoms with Crippen LogP contribution in [0.15, 0.2) is 36.4 Å². The Morgan fingerprint density at radius 2 is 1.88 bits per heavy atom. The number of rotatable bonds is 7. The normalized spacial score (nSPS) is 23.0. The fraction of sp³-hybridized carbons (Fsp3) is 0.480. The van der Waals surface area contributed by atoms with Gasteiger partial charge in [0.15, 0.2) is 0 Å². The van der Waals surface area contributed by atoms with E-state index in [9.17, 15) is 9.59 Å². The number of hydrogen-bond acceptors (Lipinski definition) is 4. The number of nitrogens with zero attached hydrogens (tertiary/aromatic N) is 1. The number of methoxy groups -OCH3 is 1. The van der Waals surface area contributed by atoms with Gasteiger partial charge in [-0.05, 0) is 75.1 Å². The Morgan fingerprint density at radius 1 is 1.12 bits per heavy atom. The number of carbonyl (C=O) groups excluding carboxylic acids is 2. The Morgan fingerprint density at radius 3 is 2.50 bits per heavy atom. The standard InChI is InChI=1S/C25H32N4O3/c1-32-20-13-11-17(12-14-20)21-22(23(26)30)29-24(28-21)18-9-7-16(8-10-18)15-27-25(31)19-5-3-2-4-6-19/h2-3,11-14,16,18-19H,4-10,15H2,1H3,(H2,26,30)(H,27,31)(H,28,29)/t16?,18?,19-/m1/s1. The molecule has 1 aromatic heterocycles. The zero-order valence-electron chi connectivity index (χ0n) is 18.6. The maximum absolute atomic E-state index is 12.4. The van der Waals surface area contributed by atoms with Gasteiger partial charge < -0.3 is 20.8 Å². The van der Waals surface area contributed by atoms with Crippen molar-refractivity contribution in [1.82, 2.24) is 15.3 Å². The first-order valence-corrected chi connectivity index (χ1v) is 11.5. The van der Waals surface area contributed by atoms with Gasteiger partial charge >= 0.3 is 0 Å². The molecule has 4 N–H and O–H groups in total. The molecular formula is C25H32N4O3. The average Bonchev–Trinajstić information content (AvgIpc) is 3.29. The first kappa shape index (κ1) is 22.1. The van der Waals surface area contributed by atoms with E-state index < -0.39 is 5.91 Å². The molecular weight excluding hydrogens is 404 g/mol. The molecule has 0 saturated heterocycles. The minimum absolute atomic E-state index is 0.128. The molecule has 7 nitrogen and oxygen atoms in total. The van der Waals surface area contributed by atoms with E-state index in [0.717, 1.165) is 68.6 Å². The van der Waals surface area contributed by atoms with Gasteiger partial charge in [0.1, 0.15) is 23.0 Å². The Balaban J connectivity index is 1.36. The Labute approximate surface area is 188 Å². The lowest BCUT2D eigenvalue weighted by atomic mass is 9.81. The summed E-state index contributed by atoms with van der Waals surface area (Å²) in [4.78, 5) is 32.4. The summed E-state index contributed by atoms with van der Waals surface area (Å²) in [6, 6.07) is 7.45. The van der Waals surface area contributed by atoms with Crippen LogP contribution in [-0.2, 0) is 4.79 Å². The van der Waals surface area contributed by atoms with Gasteiger partial charge in [-0.1, -0.05) is 12.2 Å². The minimum Gasteiger partial charge on any atom is -0.497 e. The van der Waals surface area contributed by atoms with Crippen molar-refractivity contribution < 1.29 is 14.3 Å². The molecule has 2 amide bonds. The summed E-state index contributed by atoms with van der Waals surface area (Å²) < 4.78 is 5.21. The summed E-state index contributed by atoms with van der Waals surface area (Å²) in [6.45, 7) is 0.744. The van der Waals surface area contributed by atoms with Gasteiger partial charge in [-0.2, -0.15) is 0 Å². The van der Waals surface area contributed by atoms with Crippen LogP contribution in [0.3, 0.4) is 0 Å². The zero-order valence-corrected chi connectivity index (χ0v) is 18.6. The van der Waals surface area contributed by atoms with E-state index in [0.29, 0.717) is 17.3 Å². The van der Waals surface area contributed by atoms with Crippen molar-refractivity contribution in [2.75, 3.05) is 13.7 Å². The van der Waals surface area contributed by atoms with Crippen molar-refractivity contribution in [2.45, 2.75) is 50.9 Å². The largest absolute Gasteiger partial charge is 0.497 e. The number of nitrogens with one attached hydrogen (secondary N) is 2. The van der Waals surface area contributed by atoms with E-state index in [1.54, 1.807) is 7.11 Å². The number of aromatic nitrogens is 2. The van der Waals surface area contributed by atoms with Gasteiger partial charge in [0, 0.05) is 23.9 Å². The molecule has 0 spiro atoms. The molecule has 2 aliphatic carbocycles. The summed E-state index contributed by atoms with van der Waals surface area (Å²) in [5.74, 6) is 2.12. The molecule has 0 bridgehead atoms. The van der Waals surface area contributed by atoms with Gasteiger partial charge in [-0.25, -0.2) is 4.98 Å². The number of hydrogen-bond donors (Lipinski definition) is 3. The Kier molecular flexibility index (Phi) is 6.93. The number of H-pyrrole nitrogens is 1. The second kappa shape index (κ2) is 10.0. The molecule has 7 heteroatoms. The van der Waals surface area contributed by atoms with Crippen LogP contribution < -0.4 is 15.8 Å². The topological polar surface area (TPSA) is 110 Å². The maximum Gasteiger partial charge on any atom is 0.267 e. The number of ether oxygens (including phenoxy) is 1. The number of carbonyl (C=O) groups is 2. The van der Waals surface area contributed by atoms with Crippen molar-refractivity contribution in [3.63, 3.8) is 0 Å². The molecule has 170 valence electrons. The number of imidazole rings is 1. The van der Waals surface area contributed by atoms with Crippen LogP contribution in [0.1, 0.15) is 67.2 Å². The number of primary amides is 1. The molecule has 0 radical (unpaired) electrons. The van der Waals surface area contributed by atoms with Gasteiger partial charge in [0.2, 0.25) is 5.91 Å². The molecule has 32 heavy (non-hydrogen) atoms. The fourth-order valence-electron chi connectivity index (χ4n) is 4.78. The highest BCUT2D eigenvalue weighted by atomic mass is 16.5. The van der Waals surface area contributed by atoms with Crippen molar-refractivity contribution >= 4 is 11.8 Å². The van der Waals surface area contributed by atoms with Crippen molar-refractivity contribution in [3.05, 3.63) is 47.9 Å². The van der Waals surface area contributed by atoms with Gasteiger partial charge in [0.25, 0.3) is 5.91 Å². The van der Waals surface area contributed by atoms with Crippen LogP contribution in [0.4, 0.5) is 0 Å². The smallest absolute Gasteiger partial charge is 0.267 e. The van der Waals surface area contributed by atoms with Crippen LogP contribution >= 0.6 is 0 Å². The maximum atomic E-state index is 12.4. The highest BCUT2D eigenvalue weighted by Crippen LogP contribution is 2.36. The number of amides is 2. The van der Waals surface area contributed by atoms with Crippen molar-refractivity contribution in [3.8, 4) is 17.0 Å². The fourth-order valence-corrected chi connectivity index (χ4v) is 4.78. The predicted molar refractivity (Wildman–Crippen MR) is 123 cm³/mol. The summed E-state index contributed by atoms with van der Waals surface area (Å²) >= 11 is 0. The lowest BCUT2D eigenvalue weighted by Gasteiger charge is -2.28. The van der Waals surface area contributed by atoms with Crippen LogP contribution in [0.2, 0.25) is 0 Å². The molecule has 0 aliphatic heterocycles. The second-order valence-electron chi connectivity index (χ2n) is 8.88. The van der Waals surface area contributed by atoms with E-state index in [2.05, 4.69) is 22.5 Å². The lowest BCUT2D eigenvalue weighted by Crippen LogP contribution is -2.35. The zero-order chi connectivity index (χ0) is 22.5. The number of allylic oxidation sites excluding steroid dienone is 2. The van der Waals surface area contributed by atoms with E-state index in [1.807, 2.05) is 24.3 Å². The van der Waals surface area contributed by atoms with Crippen molar-refractivity contribution in [1.29, 1.82) is 0 Å². The third-order valence-corrected chi connectivity index (χ3v) is 6.77. The quantitative estimate of drug-likeness (QED) is 0.571. The minimum atomic E-state index is -0.511. The molecule has 1 aromatic carbocycles. The Hall–Kier alpha value is -3.09. The molecule has 0 unspecified atom stereocenters. The SMILES string of the molecule is COc1ccc(-c2nc(C3CCC(CNC(=O)[C@@H]4CC=CCC4)CC3)[nH]c2C(N)=O)cc1. The molecule has 2 aliphatic rings. The Bertz CT molecular complexity index is 972. The number of aromatic amines is 1. The average molecular weight is 437 g/mol. The molecule has 1 fully saturated rings. The monoisotopic (exact) mass is 436 g/mol. The highest BCUT2D eigenvalue weighted by molar-refractivity contribution is 5.97. The van der Waals surface area contributed by atoms with Crippen molar-refractivity contribution in [2.24, 2.45) is 17.6 Å². The van der Waals surface area contributed by atoms with Gasteiger partial charge in [-0.15, -0.1) is 0 Å². The molecule has 1 heterocycles. The number of nitrogens with two attached hydrogens (primary N) is 1. The molecule has 1 atom stereocenters. The summed E-state index contributed by atoms with van der Waals surface area (Å²) in [7, 11) is 1.62. The van der Waals surface area contributed by atoms with Crippen LogP contribution in [0, 0.1) is 11.8 Å². The predicted octanol–water partition coefficient (Wildman–Crippen LogP) is 3.93. The highest BCUT2D eigenvalue weighted by Gasteiger charge is 2.28. The molecule has 1 saturated carbocycles.